The SMILES string of the molecule is CC(O)C(=O)N1CCN(C2CCc3c(Cl)cccc32)CC1. The van der Waals surface area contributed by atoms with Gasteiger partial charge in [-0.2, -0.15) is 0 Å². The van der Waals surface area contributed by atoms with Crippen molar-refractivity contribution >= 4 is 17.5 Å². The van der Waals surface area contributed by atoms with Crippen molar-refractivity contribution in [2.45, 2.75) is 31.9 Å². The highest BCUT2D eigenvalue weighted by atomic mass is 35.5. The number of carbonyl (C=O) groups excluding carboxylic acids is 1. The molecule has 21 heavy (non-hydrogen) atoms. The fourth-order valence-corrected chi connectivity index (χ4v) is 3.76. The quantitative estimate of drug-likeness (QED) is 0.907. The lowest BCUT2D eigenvalue weighted by atomic mass is 10.1. The van der Waals surface area contributed by atoms with Gasteiger partial charge < -0.3 is 10.0 Å². The molecular formula is C16H21ClN2O2. The number of piperazine rings is 1. The van der Waals surface area contributed by atoms with Crippen molar-refractivity contribution in [2.75, 3.05) is 26.2 Å². The Hall–Kier alpha value is -1.10. The molecule has 1 aromatic rings. The van der Waals surface area contributed by atoms with Crippen LogP contribution in [-0.4, -0.2) is 53.1 Å². The molecule has 2 unspecified atom stereocenters. The van der Waals surface area contributed by atoms with Crippen LogP contribution in [-0.2, 0) is 11.2 Å². The van der Waals surface area contributed by atoms with Crippen molar-refractivity contribution in [3.05, 3.63) is 34.3 Å². The summed E-state index contributed by atoms with van der Waals surface area (Å²) in [5.41, 5.74) is 2.63. The maximum atomic E-state index is 11.8. The minimum Gasteiger partial charge on any atom is -0.384 e. The number of carbonyl (C=O) groups is 1. The Labute approximate surface area is 130 Å². The first-order valence-corrected chi connectivity index (χ1v) is 7.94. The van der Waals surface area contributed by atoms with Crippen LogP contribution in [0.1, 0.15) is 30.5 Å². The average molecular weight is 309 g/mol. The summed E-state index contributed by atoms with van der Waals surface area (Å²) in [4.78, 5) is 16.0. The van der Waals surface area contributed by atoms with Gasteiger partial charge in [0.15, 0.2) is 0 Å². The fraction of sp³-hybridized carbons (Fsp3) is 0.562. The van der Waals surface area contributed by atoms with Crippen LogP contribution >= 0.6 is 11.6 Å². The Kier molecular flexibility index (Phi) is 4.20. The van der Waals surface area contributed by atoms with Gasteiger partial charge in [-0.15, -0.1) is 0 Å². The van der Waals surface area contributed by atoms with E-state index >= 15 is 0 Å². The number of aliphatic hydroxyl groups is 1. The summed E-state index contributed by atoms with van der Waals surface area (Å²) in [5, 5.41) is 10.3. The lowest BCUT2D eigenvalue weighted by Crippen LogP contribution is -2.51. The van der Waals surface area contributed by atoms with E-state index in [4.69, 9.17) is 11.6 Å². The third-order valence-corrected chi connectivity index (χ3v) is 4.96. The average Bonchev–Trinajstić information content (AvgIpc) is 2.92. The molecule has 0 spiro atoms. The first-order chi connectivity index (χ1) is 10.1. The van der Waals surface area contributed by atoms with Crippen LogP contribution in [0.5, 0.6) is 0 Å². The summed E-state index contributed by atoms with van der Waals surface area (Å²) in [7, 11) is 0. The zero-order valence-electron chi connectivity index (χ0n) is 12.3. The molecule has 1 aliphatic carbocycles. The van der Waals surface area contributed by atoms with Gasteiger partial charge in [0.05, 0.1) is 0 Å². The molecule has 1 saturated heterocycles. The highest BCUT2D eigenvalue weighted by Crippen LogP contribution is 2.39. The molecule has 5 heteroatoms. The van der Waals surface area contributed by atoms with Gasteiger partial charge in [0.1, 0.15) is 6.10 Å². The van der Waals surface area contributed by atoms with E-state index in [-0.39, 0.29) is 5.91 Å². The standard InChI is InChI=1S/C16H21ClN2O2/c1-11(20)16(21)19-9-7-18(8-10-19)15-6-5-12-13(15)3-2-4-14(12)17/h2-4,11,15,20H,5-10H2,1H3. The Balaban J connectivity index is 1.67. The fourth-order valence-electron chi connectivity index (χ4n) is 3.49. The molecular weight excluding hydrogens is 288 g/mol. The summed E-state index contributed by atoms with van der Waals surface area (Å²) in [5.74, 6) is -0.162. The Morgan fingerprint density at radius 1 is 1.33 bits per heavy atom. The highest BCUT2D eigenvalue weighted by Gasteiger charge is 2.32. The first-order valence-electron chi connectivity index (χ1n) is 7.56. The van der Waals surface area contributed by atoms with E-state index in [9.17, 15) is 9.90 Å². The van der Waals surface area contributed by atoms with Crippen LogP contribution in [0.4, 0.5) is 0 Å². The zero-order valence-corrected chi connectivity index (χ0v) is 13.0. The van der Waals surface area contributed by atoms with Gasteiger partial charge in [-0.1, -0.05) is 23.7 Å². The molecule has 1 N–H and O–H groups in total. The van der Waals surface area contributed by atoms with Crippen molar-refractivity contribution in [3.63, 3.8) is 0 Å². The Bertz CT molecular complexity index is 539. The number of amides is 1. The van der Waals surface area contributed by atoms with Gasteiger partial charge in [0.2, 0.25) is 0 Å². The lowest BCUT2D eigenvalue weighted by Gasteiger charge is -2.38. The number of rotatable bonds is 2. The van der Waals surface area contributed by atoms with Crippen molar-refractivity contribution in [1.82, 2.24) is 9.80 Å². The Morgan fingerprint density at radius 2 is 2.05 bits per heavy atom. The number of aliphatic hydroxyl groups excluding tert-OH is 1. The van der Waals surface area contributed by atoms with Gasteiger partial charge in [-0.05, 0) is 37.0 Å². The normalized spacial score (nSPS) is 24.0. The summed E-state index contributed by atoms with van der Waals surface area (Å²) in [6, 6.07) is 6.57. The van der Waals surface area contributed by atoms with Gasteiger partial charge >= 0.3 is 0 Å². The highest BCUT2D eigenvalue weighted by molar-refractivity contribution is 6.31. The second-order valence-electron chi connectivity index (χ2n) is 5.90. The number of hydrogen-bond acceptors (Lipinski definition) is 3. The van der Waals surface area contributed by atoms with Gasteiger partial charge in [0.25, 0.3) is 5.91 Å². The van der Waals surface area contributed by atoms with Crippen molar-refractivity contribution < 1.29 is 9.90 Å². The summed E-state index contributed by atoms with van der Waals surface area (Å²) in [6.45, 7) is 4.63. The topological polar surface area (TPSA) is 43.8 Å². The summed E-state index contributed by atoms with van der Waals surface area (Å²) >= 11 is 6.27. The van der Waals surface area contributed by atoms with E-state index in [1.165, 1.54) is 18.1 Å². The van der Waals surface area contributed by atoms with Crippen molar-refractivity contribution in [3.8, 4) is 0 Å². The molecule has 2 aliphatic rings. The van der Waals surface area contributed by atoms with Crippen LogP contribution in [0.2, 0.25) is 5.02 Å². The zero-order chi connectivity index (χ0) is 15.0. The van der Waals surface area contributed by atoms with Crippen LogP contribution in [0.15, 0.2) is 18.2 Å². The minimum absolute atomic E-state index is 0.162. The lowest BCUT2D eigenvalue weighted by molar-refractivity contribution is -0.141. The molecule has 1 fully saturated rings. The molecule has 1 aliphatic heterocycles. The maximum Gasteiger partial charge on any atom is 0.251 e. The van der Waals surface area contributed by atoms with E-state index in [1.54, 1.807) is 4.90 Å². The van der Waals surface area contributed by atoms with Crippen LogP contribution in [0.25, 0.3) is 0 Å². The van der Waals surface area contributed by atoms with Crippen LogP contribution in [0.3, 0.4) is 0 Å². The number of nitrogens with zero attached hydrogens (tertiary/aromatic N) is 2. The monoisotopic (exact) mass is 308 g/mol. The largest absolute Gasteiger partial charge is 0.384 e. The number of benzene rings is 1. The van der Waals surface area contributed by atoms with Gasteiger partial charge in [-0.3, -0.25) is 9.69 Å². The second-order valence-corrected chi connectivity index (χ2v) is 6.31. The Morgan fingerprint density at radius 3 is 2.71 bits per heavy atom. The van der Waals surface area contributed by atoms with Crippen molar-refractivity contribution in [1.29, 1.82) is 0 Å². The molecule has 4 nitrogen and oxygen atoms in total. The number of fused-ring (bicyclic) bond motifs is 1. The molecule has 114 valence electrons. The molecule has 1 heterocycles. The molecule has 0 bridgehead atoms. The summed E-state index contributed by atoms with van der Waals surface area (Å²) in [6.07, 6.45) is 1.23. The molecule has 0 saturated carbocycles. The number of hydrogen-bond donors (Lipinski definition) is 1. The predicted octanol–water partition coefficient (Wildman–Crippen LogP) is 1.85. The third-order valence-electron chi connectivity index (χ3n) is 4.61. The molecule has 3 rings (SSSR count). The van der Waals surface area contributed by atoms with Crippen LogP contribution < -0.4 is 0 Å². The molecule has 1 aromatic carbocycles. The smallest absolute Gasteiger partial charge is 0.251 e. The van der Waals surface area contributed by atoms with Gasteiger partial charge in [-0.25, -0.2) is 0 Å². The third kappa shape index (κ3) is 2.80. The van der Waals surface area contributed by atoms with E-state index < -0.39 is 6.10 Å². The number of halogens is 1. The van der Waals surface area contributed by atoms with Crippen LogP contribution in [0, 0.1) is 0 Å². The first kappa shape index (κ1) is 14.8. The predicted molar refractivity (Wildman–Crippen MR) is 82.3 cm³/mol. The molecule has 0 aromatic heterocycles. The van der Waals surface area contributed by atoms with E-state index in [0.717, 1.165) is 31.0 Å². The van der Waals surface area contributed by atoms with E-state index in [0.29, 0.717) is 19.1 Å². The van der Waals surface area contributed by atoms with Crippen molar-refractivity contribution in [2.24, 2.45) is 0 Å². The molecule has 0 radical (unpaired) electrons. The molecule has 2 atom stereocenters. The maximum absolute atomic E-state index is 11.8. The second kappa shape index (κ2) is 5.95. The van der Waals surface area contributed by atoms with E-state index in [2.05, 4.69) is 11.0 Å². The molecule has 1 amide bonds. The van der Waals surface area contributed by atoms with Gasteiger partial charge in [0, 0.05) is 37.2 Å². The minimum atomic E-state index is -0.900. The summed E-state index contributed by atoms with van der Waals surface area (Å²) < 4.78 is 0. The van der Waals surface area contributed by atoms with E-state index in [1.807, 2.05) is 12.1 Å².